The minimum atomic E-state index is -0.998. The van der Waals surface area contributed by atoms with Crippen molar-refractivity contribution in [3.05, 3.63) is 34.4 Å². The van der Waals surface area contributed by atoms with Gasteiger partial charge in [0, 0.05) is 12.1 Å². The van der Waals surface area contributed by atoms with Crippen LogP contribution >= 0.6 is 31.9 Å². The average molecular weight is 377 g/mol. The Morgan fingerprint density at radius 3 is 2.28 bits per heavy atom. The van der Waals surface area contributed by atoms with E-state index < -0.39 is 8.16 Å². The van der Waals surface area contributed by atoms with E-state index in [4.69, 9.17) is 0 Å². The average Bonchev–Trinajstić information content (AvgIpc) is 2.53. The number of amides is 1. The van der Waals surface area contributed by atoms with Gasteiger partial charge in [0.2, 0.25) is 0 Å². The molecule has 1 aliphatic heterocycles. The van der Waals surface area contributed by atoms with Crippen molar-refractivity contribution in [2.45, 2.75) is 10.2 Å². The molecule has 0 aliphatic carbocycles. The van der Waals surface area contributed by atoms with Gasteiger partial charge < -0.3 is 0 Å². The first-order valence-electron chi connectivity index (χ1n) is 4.86. The molecule has 0 saturated heterocycles. The number of alkyl halides is 2. The van der Waals surface area contributed by atoms with Gasteiger partial charge in [0.05, 0.1) is 16.3 Å². The topological polar surface area (TPSA) is 75.8 Å². The molecule has 0 atom stereocenters. The summed E-state index contributed by atoms with van der Waals surface area (Å²) in [6.45, 7) is 1.70. The number of rotatable bonds is 2. The monoisotopic (exact) mass is 375 g/mol. The van der Waals surface area contributed by atoms with Crippen LogP contribution in [0.3, 0.4) is 0 Å². The van der Waals surface area contributed by atoms with Crippen LogP contribution in [0.25, 0.3) is 0 Å². The molecule has 18 heavy (non-hydrogen) atoms. The van der Waals surface area contributed by atoms with Gasteiger partial charge in [-0.05, 0) is 19.1 Å². The van der Waals surface area contributed by atoms with E-state index in [1.165, 1.54) is 29.3 Å². The van der Waals surface area contributed by atoms with Crippen molar-refractivity contribution in [3.8, 4) is 0 Å². The maximum Gasteiger partial charge on any atom is 0.281 e. The summed E-state index contributed by atoms with van der Waals surface area (Å²) in [5, 5.41) is 15.8. The Morgan fingerprint density at radius 2 is 1.89 bits per heavy atom. The van der Waals surface area contributed by atoms with Crippen LogP contribution in [0.2, 0.25) is 0 Å². The number of anilines is 1. The molecule has 0 bridgehead atoms. The minimum absolute atomic E-state index is 0.0324. The van der Waals surface area contributed by atoms with Crippen molar-refractivity contribution in [3.63, 3.8) is 0 Å². The Morgan fingerprint density at radius 1 is 1.33 bits per heavy atom. The summed E-state index contributed by atoms with van der Waals surface area (Å²) in [6, 6.07) is 5.62. The van der Waals surface area contributed by atoms with Gasteiger partial charge >= 0.3 is 0 Å². The summed E-state index contributed by atoms with van der Waals surface area (Å²) in [5.41, 5.74) is 1.01. The van der Waals surface area contributed by atoms with Crippen molar-refractivity contribution in [2.75, 3.05) is 5.01 Å². The summed E-state index contributed by atoms with van der Waals surface area (Å²) in [4.78, 5) is 22.1. The van der Waals surface area contributed by atoms with Gasteiger partial charge in [-0.1, -0.05) is 31.9 Å². The lowest BCUT2D eigenvalue weighted by Gasteiger charge is -2.15. The number of nitro benzene ring substituents is 1. The predicted octanol–water partition coefficient (Wildman–Crippen LogP) is 2.80. The molecule has 0 radical (unpaired) electrons. The van der Waals surface area contributed by atoms with Crippen LogP contribution < -0.4 is 5.01 Å². The molecule has 0 spiro atoms. The van der Waals surface area contributed by atoms with Crippen LogP contribution in [0, 0.1) is 10.1 Å². The van der Waals surface area contributed by atoms with Gasteiger partial charge in [0.25, 0.3) is 11.6 Å². The lowest BCUT2D eigenvalue weighted by atomic mass is 10.2. The number of nitrogens with zero attached hydrogens (tertiary/aromatic N) is 3. The largest absolute Gasteiger partial charge is 0.281 e. The summed E-state index contributed by atoms with van der Waals surface area (Å²) in [7, 11) is 0. The highest BCUT2D eigenvalue weighted by Crippen LogP contribution is 2.37. The van der Waals surface area contributed by atoms with E-state index in [1.807, 2.05) is 0 Å². The lowest BCUT2D eigenvalue weighted by Crippen LogP contribution is -2.34. The smallest absolute Gasteiger partial charge is 0.269 e. The second kappa shape index (κ2) is 4.43. The molecule has 1 amide bonds. The third-order valence-corrected chi connectivity index (χ3v) is 4.30. The highest BCUT2D eigenvalue weighted by atomic mass is 79.9. The zero-order valence-corrected chi connectivity index (χ0v) is 12.3. The van der Waals surface area contributed by atoms with Gasteiger partial charge in [-0.2, -0.15) is 10.1 Å². The predicted molar refractivity (Wildman–Crippen MR) is 74.3 cm³/mol. The Bertz CT molecular complexity index is 554. The number of benzene rings is 1. The van der Waals surface area contributed by atoms with Gasteiger partial charge in [0.15, 0.2) is 3.23 Å². The normalized spacial score (nSPS) is 17.8. The van der Waals surface area contributed by atoms with Crippen LogP contribution in [0.1, 0.15) is 6.92 Å². The van der Waals surface area contributed by atoms with Gasteiger partial charge in [-0.15, -0.1) is 0 Å². The van der Waals surface area contributed by atoms with Crippen LogP contribution in [0.5, 0.6) is 0 Å². The van der Waals surface area contributed by atoms with E-state index in [0.29, 0.717) is 11.4 Å². The molecular weight excluding hydrogens is 370 g/mol. The fourth-order valence-corrected chi connectivity index (χ4v) is 1.93. The molecule has 0 N–H and O–H groups in total. The van der Waals surface area contributed by atoms with Gasteiger partial charge in [-0.25, -0.2) is 0 Å². The Hall–Kier alpha value is -1.28. The summed E-state index contributed by atoms with van der Waals surface area (Å²) in [5.74, 6) is -0.297. The summed E-state index contributed by atoms with van der Waals surface area (Å²) in [6.07, 6.45) is 0. The van der Waals surface area contributed by atoms with E-state index in [-0.39, 0.29) is 11.6 Å². The van der Waals surface area contributed by atoms with Gasteiger partial charge in [-0.3, -0.25) is 14.9 Å². The lowest BCUT2D eigenvalue weighted by molar-refractivity contribution is -0.384. The van der Waals surface area contributed by atoms with Crippen molar-refractivity contribution >= 4 is 54.9 Å². The van der Waals surface area contributed by atoms with Crippen LogP contribution in [0.15, 0.2) is 29.4 Å². The molecule has 0 fully saturated rings. The van der Waals surface area contributed by atoms with E-state index in [9.17, 15) is 14.9 Å². The number of nitro groups is 1. The first-order valence-corrected chi connectivity index (χ1v) is 6.45. The second-order valence-electron chi connectivity index (χ2n) is 3.65. The highest BCUT2D eigenvalue weighted by molar-refractivity contribution is 9.26. The zero-order valence-electron chi connectivity index (χ0n) is 9.13. The Labute approximate surface area is 119 Å². The standard InChI is InChI=1S/C10H7Br2N3O3/c1-6-10(11,12)9(16)14(13-6)7-2-4-8(5-3-7)15(17)18/h2-5H,1H3. The SMILES string of the molecule is CC1=NN(c2ccc([N+](=O)[O-])cc2)C(=O)C1(Br)Br. The van der Waals surface area contributed by atoms with Crippen molar-refractivity contribution < 1.29 is 9.72 Å². The maximum atomic E-state index is 12.0. The molecule has 0 aromatic heterocycles. The van der Waals surface area contributed by atoms with E-state index in [1.54, 1.807) is 6.92 Å². The third-order valence-electron chi connectivity index (χ3n) is 2.47. The number of non-ortho nitro benzene ring substituents is 1. The molecular formula is C10H7Br2N3O3. The second-order valence-corrected chi connectivity index (χ2v) is 7.09. The quantitative estimate of drug-likeness (QED) is 0.452. The Balaban J connectivity index is 2.34. The van der Waals surface area contributed by atoms with Gasteiger partial charge in [0.1, 0.15) is 0 Å². The highest BCUT2D eigenvalue weighted by Gasteiger charge is 2.45. The van der Waals surface area contributed by atoms with Crippen LogP contribution in [0.4, 0.5) is 11.4 Å². The number of hydrogen-bond donors (Lipinski definition) is 0. The third kappa shape index (κ3) is 2.05. The molecule has 1 heterocycles. The first-order chi connectivity index (χ1) is 8.34. The number of carbonyl (C=O) groups excluding carboxylic acids is 1. The fourth-order valence-electron chi connectivity index (χ4n) is 1.44. The molecule has 2 rings (SSSR count). The van der Waals surface area contributed by atoms with E-state index in [0.717, 1.165) is 0 Å². The summed E-state index contributed by atoms with van der Waals surface area (Å²) < 4.78 is -0.998. The first kappa shape index (κ1) is 13.2. The number of hydrazone groups is 1. The molecule has 8 heteroatoms. The Kier molecular flexibility index (Phi) is 3.24. The minimum Gasteiger partial charge on any atom is -0.269 e. The number of halogens is 2. The van der Waals surface area contributed by atoms with Crippen molar-refractivity contribution in [1.29, 1.82) is 0 Å². The number of carbonyl (C=O) groups is 1. The van der Waals surface area contributed by atoms with Crippen molar-refractivity contribution in [1.82, 2.24) is 0 Å². The molecule has 1 aromatic rings. The molecule has 94 valence electrons. The zero-order chi connectivity index (χ0) is 13.5. The number of hydrogen-bond acceptors (Lipinski definition) is 4. The summed E-state index contributed by atoms with van der Waals surface area (Å²) >= 11 is 6.47. The molecule has 0 unspecified atom stereocenters. The van der Waals surface area contributed by atoms with E-state index in [2.05, 4.69) is 37.0 Å². The van der Waals surface area contributed by atoms with Crippen LogP contribution in [-0.2, 0) is 4.79 Å². The fraction of sp³-hybridized carbons (Fsp3) is 0.200. The van der Waals surface area contributed by atoms with Crippen LogP contribution in [-0.4, -0.2) is 19.8 Å². The molecule has 1 aliphatic rings. The molecule has 6 nitrogen and oxygen atoms in total. The maximum absolute atomic E-state index is 12.0. The molecule has 1 aromatic carbocycles. The van der Waals surface area contributed by atoms with Crippen molar-refractivity contribution in [2.24, 2.45) is 5.10 Å². The van der Waals surface area contributed by atoms with E-state index >= 15 is 0 Å². The molecule has 0 saturated carbocycles.